The molecule has 154 valence electrons. The van der Waals surface area contributed by atoms with E-state index < -0.39 is 17.9 Å². The van der Waals surface area contributed by atoms with Crippen molar-refractivity contribution in [2.24, 2.45) is 0 Å². The monoisotopic (exact) mass is 407 g/mol. The van der Waals surface area contributed by atoms with Gasteiger partial charge >= 0.3 is 6.18 Å². The normalized spacial score (nSPS) is 17.4. The highest BCUT2D eigenvalue weighted by atomic mass is 19.4. The van der Waals surface area contributed by atoms with Gasteiger partial charge in [-0.1, -0.05) is 6.92 Å². The van der Waals surface area contributed by atoms with Crippen LogP contribution in [0.1, 0.15) is 65.0 Å². The lowest BCUT2D eigenvalue weighted by Gasteiger charge is -2.22. The van der Waals surface area contributed by atoms with Crippen molar-refractivity contribution >= 4 is 11.6 Å². The van der Waals surface area contributed by atoms with Crippen molar-refractivity contribution in [3.63, 3.8) is 0 Å². The summed E-state index contributed by atoms with van der Waals surface area (Å²) in [6, 6.07) is 2.10. The van der Waals surface area contributed by atoms with Crippen LogP contribution in [0, 0.1) is 13.8 Å². The quantitative estimate of drug-likeness (QED) is 0.658. The molecule has 4 heterocycles. The Balaban J connectivity index is 1.75. The number of alkyl halides is 3. The van der Waals surface area contributed by atoms with Crippen LogP contribution in [0.4, 0.5) is 13.2 Å². The summed E-state index contributed by atoms with van der Waals surface area (Å²) in [7, 11) is 0. The molecule has 0 aliphatic carbocycles. The number of halogens is 3. The molecule has 3 aromatic heterocycles. The zero-order valence-corrected chi connectivity index (χ0v) is 16.2. The molecule has 0 spiro atoms. The van der Waals surface area contributed by atoms with E-state index in [1.54, 1.807) is 25.7 Å². The van der Waals surface area contributed by atoms with Crippen LogP contribution in [0.25, 0.3) is 5.65 Å². The third kappa shape index (κ3) is 3.36. The van der Waals surface area contributed by atoms with Crippen LogP contribution in [-0.2, 0) is 12.6 Å². The largest absolute Gasteiger partial charge is 0.436 e. The number of likely N-dealkylation sites (tertiary alicyclic amines) is 1. The lowest BCUT2D eigenvalue weighted by molar-refractivity contribution is -0.142. The number of hydrogen-bond acceptors (Lipinski definition) is 5. The minimum Gasteiger partial charge on any atom is -0.436 e. The van der Waals surface area contributed by atoms with E-state index in [0.29, 0.717) is 42.4 Å². The van der Waals surface area contributed by atoms with Crippen molar-refractivity contribution in [3.8, 4) is 0 Å². The molecular formula is C19H20F3N5O2. The molecule has 1 aliphatic rings. The molecule has 10 heteroatoms. The molecule has 1 atom stereocenters. The summed E-state index contributed by atoms with van der Waals surface area (Å²) in [4.78, 5) is 23.0. The van der Waals surface area contributed by atoms with Crippen LogP contribution in [0.15, 0.2) is 16.5 Å². The third-order valence-corrected chi connectivity index (χ3v) is 5.10. The van der Waals surface area contributed by atoms with Gasteiger partial charge in [-0.2, -0.15) is 18.3 Å². The Morgan fingerprint density at radius 2 is 2.03 bits per heavy atom. The van der Waals surface area contributed by atoms with Crippen molar-refractivity contribution < 1.29 is 22.4 Å². The van der Waals surface area contributed by atoms with E-state index in [4.69, 9.17) is 4.42 Å². The number of rotatable bonds is 3. The summed E-state index contributed by atoms with van der Waals surface area (Å²) in [6.45, 7) is 5.56. The van der Waals surface area contributed by atoms with E-state index >= 15 is 0 Å². The van der Waals surface area contributed by atoms with Crippen LogP contribution < -0.4 is 0 Å². The number of aromatic nitrogens is 4. The molecule has 4 rings (SSSR count). The minimum atomic E-state index is -4.56. The Labute approximate surface area is 164 Å². The Kier molecular flexibility index (Phi) is 4.59. The van der Waals surface area contributed by atoms with Gasteiger partial charge in [0.05, 0.1) is 17.4 Å². The summed E-state index contributed by atoms with van der Waals surface area (Å²) in [5.74, 6) is 0.210. The second kappa shape index (κ2) is 6.85. The molecule has 1 aliphatic heterocycles. The van der Waals surface area contributed by atoms with Crippen LogP contribution >= 0.6 is 0 Å². The van der Waals surface area contributed by atoms with Crippen LogP contribution in [-0.4, -0.2) is 36.9 Å². The molecule has 0 saturated carbocycles. The molecule has 1 fully saturated rings. The number of amides is 1. The van der Waals surface area contributed by atoms with Crippen molar-refractivity contribution in [3.05, 3.63) is 46.6 Å². The highest BCUT2D eigenvalue weighted by Gasteiger charge is 2.38. The van der Waals surface area contributed by atoms with E-state index in [1.807, 2.05) is 0 Å². The Morgan fingerprint density at radius 1 is 1.28 bits per heavy atom. The van der Waals surface area contributed by atoms with Gasteiger partial charge in [-0.25, -0.2) is 14.5 Å². The van der Waals surface area contributed by atoms with E-state index in [0.717, 1.165) is 17.0 Å². The molecule has 0 N–H and O–H groups in total. The first-order chi connectivity index (χ1) is 13.7. The van der Waals surface area contributed by atoms with Crippen molar-refractivity contribution in [2.75, 3.05) is 6.54 Å². The fourth-order valence-corrected chi connectivity index (χ4v) is 3.77. The fourth-order valence-electron chi connectivity index (χ4n) is 3.77. The Morgan fingerprint density at radius 3 is 2.66 bits per heavy atom. The lowest BCUT2D eigenvalue weighted by Crippen LogP contribution is -2.31. The first-order valence-electron chi connectivity index (χ1n) is 9.40. The van der Waals surface area contributed by atoms with Gasteiger partial charge in [0.2, 0.25) is 5.76 Å². The smallest absolute Gasteiger partial charge is 0.433 e. The Bertz CT molecular complexity index is 1090. The van der Waals surface area contributed by atoms with Gasteiger partial charge in [0, 0.05) is 25.2 Å². The minimum absolute atomic E-state index is 0.123. The van der Waals surface area contributed by atoms with Gasteiger partial charge in [-0.15, -0.1) is 0 Å². The van der Waals surface area contributed by atoms with Gasteiger partial charge < -0.3 is 9.32 Å². The predicted octanol–water partition coefficient (Wildman–Crippen LogP) is 3.89. The molecule has 0 radical (unpaired) electrons. The van der Waals surface area contributed by atoms with Crippen LogP contribution in [0.3, 0.4) is 0 Å². The first kappa shape index (κ1) is 19.4. The summed E-state index contributed by atoms with van der Waals surface area (Å²) in [6.07, 6.45) is -2.87. The van der Waals surface area contributed by atoms with E-state index in [9.17, 15) is 18.0 Å². The summed E-state index contributed by atoms with van der Waals surface area (Å²) in [5.41, 5.74) is 0.460. The van der Waals surface area contributed by atoms with Crippen LogP contribution in [0.5, 0.6) is 0 Å². The van der Waals surface area contributed by atoms with Gasteiger partial charge in [0.15, 0.2) is 11.5 Å². The molecule has 0 bridgehead atoms. The zero-order chi connectivity index (χ0) is 20.9. The number of oxazole rings is 1. The average Bonchev–Trinajstić information content (AvgIpc) is 3.36. The standard InChI is InChI=1S/C19H20F3N5O2/c1-4-12-8-15(19(20,21)22)27-16(24-12)9-13(25-27)14-6-5-7-26(14)18(28)17-10(2)23-11(3)29-17/h8-9,14H,4-7H2,1-3H3. The Hall–Kier alpha value is -2.91. The zero-order valence-electron chi connectivity index (χ0n) is 16.2. The predicted molar refractivity (Wildman–Crippen MR) is 96.4 cm³/mol. The number of carbonyl (C=O) groups is 1. The lowest BCUT2D eigenvalue weighted by atomic mass is 10.1. The molecule has 3 aromatic rings. The molecule has 1 saturated heterocycles. The number of hydrogen-bond donors (Lipinski definition) is 0. The molecule has 0 aromatic carbocycles. The molecule has 1 unspecified atom stereocenters. The topological polar surface area (TPSA) is 76.5 Å². The molecule has 1 amide bonds. The summed E-state index contributed by atoms with van der Waals surface area (Å²) >= 11 is 0. The summed E-state index contributed by atoms with van der Waals surface area (Å²) < 4.78 is 46.8. The highest BCUT2D eigenvalue weighted by Crippen LogP contribution is 2.35. The van der Waals surface area contributed by atoms with E-state index in [2.05, 4.69) is 15.1 Å². The maximum Gasteiger partial charge on any atom is 0.433 e. The van der Waals surface area contributed by atoms with Gasteiger partial charge in [0.1, 0.15) is 5.69 Å². The van der Waals surface area contributed by atoms with Gasteiger partial charge in [-0.05, 0) is 32.3 Å². The fraction of sp³-hybridized carbons (Fsp3) is 0.474. The van der Waals surface area contributed by atoms with E-state index in [-0.39, 0.29) is 17.3 Å². The van der Waals surface area contributed by atoms with Crippen molar-refractivity contribution in [1.29, 1.82) is 0 Å². The third-order valence-electron chi connectivity index (χ3n) is 5.10. The number of carbonyl (C=O) groups excluding carboxylic acids is 1. The maximum atomic E-state index is 13.5. The number of nitrogens with zero attached hydrogens (tertiary/aromatic N) is 5. The molecular weight excluding hydrogens is 387 g/mol. The maximum absolute atomic E-state index is 13.5. The SMILES string of the molecule is CCc1cc(C(F)(F)F)n2nc(C3CCCN3C(=O)c3oc(C)nc3C)cc2n1. The van der Waals surface area contributed by atoms with E-state index in [1.165, 1.54) is 6.07 Å². The van der Waals surface area contributed by atoms with Gasteiger partial charge in [-0.3, -0.25) is 4.79 Å². The second-order valence-electron chi connectivity index (χ2n) is 7.13. The average molecular weight is 407 g/mol. The van der Waals surface area contributed by atoms with Crippen molar-refractivity contribution in [2.45, 2.75) is 52.3 Å². The molecule has 7 nitrogen and oxygen atoms in total. The van der Waals surface area contributed by atoms with Gasteiger partial charge in [0.25, 0.3) is 5.91 Å². The molecule has 29 heavy (non-hydrogen) atoms. The summed E-state index contributed by atoms with van der Waals surface area (Å²) in [5, 5.41) is 4.18. The number of aryl methyl sites for hydroxylation is 3. The van der Waals surface area contributed by atoms with Crippen molar-refractivity contribution in [1.82, 2.24) is 24.5 Å². The second-order valence-corrected chi connectivity index (χ2v) is 7.13. The number of fused-ring (bicyclic) bond motifs is 1. The highest BCUT2D eigenvalue weighted by molar-refractivity contribution is 5.93. The van der Waals surface area contributed by atoms with Crippen LogP contribution in [0.2, 0.25) is 0 Å². The first-order valence-corrected chi connectivity index (χ1v) is 9.40.